The summed E-state index contributed by atoms with van der Waals surface area (Å²) in [6, 6.07) is 10.2. The van der Waals surface area contributed by atoms with Gasteiger partial charge in [0.25, 0.3) is 0 Å². The number of nitrogens with one attached hydrogen (secondary N) is 8. The van der Waals surface area contributed by atoms with Gasteiger partial charge in [-0.3, -0.25) is 43.2 Å². The van der Waals surface area contributed by atoms with Crippen LogP contribution in [0.3, 0.4) is 0 Å². The lowest BCUT2D eigenvalue weighted by Gasteiger charge is -2.28. The molecule has 0 bridgehead atoms. The third-order valence-electron chi connectivity index (χ3n) is 8.56. The van der Waals surface area contributed by atoms with E-state index >= 15 is 0 Å². The number of carboxylic acids is 1. The van der Waals surface area contributed by atoms with Gasteiger partial charge in [-0.25, -0.2) is 4.79 Å². The van der Waals surface area contributed by atoms with E-state index in [1.165, 1.54) is 19.1 Å². The standard InChI is InChI=1S/C40H53N9O11/c1-22(2)33(36(41)55)47-38(57)34(23(3)4)48-39(58)35(26-14-10-7-11-15-26)49-37(56)28(19-42-24(5)50)46-30(52)17-16-29(51)43-20-31(53)44-21-32(54)45-27(40(59)60)18-25-12-8-6-9-13-25/h6-17,22-23,27-28,33-35H,18-21H2,1-5H3,(H2,41,55)(H,42,50)(H,43,51)(H,44,53)(H,45,54)(H,46,52)(H,47,57)(H,48,58)(H,49,56)(H,59,60)/b17-16+/t27-,28-,33-,34-,35-/m0/s1. The van der Waals surface area contributed by atoms with Crippen LogP contribution in [0.2, 0.25) is 0 Å². The van der Waals surface area contributed by atoms with E-state index in [4.69, 9.17) is 5.73 Å². The van der Waals surface area contributed by atoms with Crippen LogP contribution in [0.4, 0.5) is 0 Å². The average molecular weight is 836 g/mol. The number of benzene rings is 2. The monoisotopic (exact) mass is 835 g/mol. The first-order valence-electron chi connectivity index (χ1n) is 18.9. The fourth-order valence-corrected chi connectivity index (χ4v) is 5.36. The molecule has 60 heavy (non-hydrogen) atoms. The van der Waals surface area contributed by atoms with Crippen molar-refractivity contribution in [3.05, 3.63) is 83.9 Å². The highest BCUT2D eigenvalue weighted by Crippen LogP contribution is 2.15. The molecule has 0 radical (unpaired) electrons. The summed E-state index contributed by atoms with van der Waals surface area (Å²) in [6.45, 7) is 6.21. The number of primary amides is 1. The first-order valence-corrected chi connectivity index (χ1v) is 18.9. The minimum Gasteiger partial charge on any atom is -0.480 e. The van der Waals surface area contributed by atoms with E-state index < -0.39 is 115 Å². The molecule has 0 saturated carbocycles. The molecule has 0 aliphatic carbocycles. The lowest BCUT2D eigenvalue weighted by atomic mass is 9.98. The fraction of sp³-hybridized carbons (Fsp3) is 0.400. The van der Waals surface area contributed by atoms with Gasteiger partial charge in [0.1, 0.15) is 30.2 Å². The molecule has 0 aliphatic rings. The number of nitrogens with two attached hydrogens (primary N) is 1. The Hall–Kier alpha value is -7.12. The van der Waals surface area contributed by atoms with Gasteiger partial charge in [0, 0.05) is 32.0 Å². The minimum atomic E-state index is -1.50. The number of aliphatic carboxylic acids is 1. The quantitative estimate of drug-likeness (QED) is 0.0538. The van der Waals surface area contributed by atoms with Crippen molar-refractivity contribution in [3.8, 4) is 0 Å². The maximum atomic E-state index is 13.8. The summed E-state index contributed by atoms with van der Waals surface area (Å²) in [6.07, 6.45) is 1.51. The van der Waals surface area contributed by atoms with Crippen LogP contribution in [0, 0.1) is 11.8 Å². The molecule has 0 fully saturated rings. The predicted octanol–water partition coefficient (Wildman–Crippen LogP) is -2.17. The molecule has 0 unspecified atom stereocenters. The molecule has 324 valence electrons. The van der Waals surface area contributed by atoms with Gasteiger partial charge in [-0.2, -0.15) is 0 Å². The molecule has 20 heteroatoms. The summed E-state index contributed by atoms with van der Waals surface area (Å²) in [5.74, 6) is -9.35. The molecule has 0 heterocycles. The smallest absolute Gasteiger partial charge is 0.326 e. The van der Waals surface area contributed by atoms with Crippen LogP contribution < -0.4 is 48.3 Å². The number of carbonyl (C=O) groups excluding carboxylic acids is 9. The van der Waals surface area contributed by atoms with Crippen molar-refractivity contribution in [3.63, 3.8) is 0 Å². The van der Waals surface area contributed by atoms with E-state index in [1.54, 1.807) is 76.2 Å². The number of carboxylic acid groups (broad SMARTS) is 1. The summed E-state index contributed by atoms with van der Waals surface area (Å²) < 4.78 is 0. The van der Waals surface area contributed by atoms with Crippen molar-refractivity contribution in [2.24, 2.45) is 17.6 Å². The Morgan fingerprint density at radius 1 is 0.600 bits per heavy atom. The van der Waals surface area contributed by atoms with Crippen molar-refractivity contribution in [2.45, 2.75) is 71.2 Å². The Morgan fingerprint density at radius 3 is 1.70 bits per heavy atom. The third-order valence-corrected chi connectivity index (χ3v) is 8.56. The summed E-state index contributed by atoms with van der Waals surface area (Å²) in [5.41, 5.74) is 6.42. The summed E-state index contributed by atoms with van der Waals surface area (Å²) in [5, 5.41) is 28.7. The topological polar surface area (TPSA) is 313 Å². The lowest BCUT2D eigenvalue weighted by Crippen LogP contribution is -2.58. The zero-order valence-corrected chi connectivity index (χ0v) is 33.9. The van der Waals surface area contributed by atoms with Gasteiger partial charge in [-0.15, -0.1) is 0 Å². The second-order valence-electron chi connectivity index (χ2n) is 14.2. The Bertz CT molecular complexity index is 1890. The summed E-state index contributed by atoms with van der Waals surface area (Å²) in [7, 11) is 0. The number of carbonyl (C=O) groups is 10. The van der Waals surface area contributed by atoms with Gasteiger partial charge >= 0.3 is 5.97 Å². The minimum absolute atomic E-state index is 0.0107. The van der Waals surface area contributed by atoms with Crippen LogP contribution in [0.25, 0.3) is 0 Å². The highest BCUT2D eigenvalue weighted by molar-refractivity contribution is 6.00. The fourth-order valence-electron chi connectivity index (χ4n) is 5.36. The van der Waals surface area contributed by atoms with Crippen molar-refractivity contribution in [2.75, 3.05) is 19.6 Å². The summed E-state index contributed by atoms with van der Waals surface area (Å²) in [4.78, 5) is 126. The molecule has 11 N–H and O–H groups in total. The molecular weight excluding hydrogens is 782 g/mol. The van der Waals surface area contributed by atoms with E-state index in [-0.39, 0.29) is 12.3 Å². The first kappa shape index (κ1) is 49.0. The largest absolute Gasteiger partial charge is 0.480 e. The number of amides is 9. The molecule has 2 rings (SSSR count). The molecule has 0 spiro atoms. The molecule has 0 aromatic heterocycles. The van der Waals surface area contributed by atoms with Crippen LogP contribution in [0.1, 0.15) is 51.8 Å². The Balaban J connectivity index is 2.06. The summed E-state index contributed by atoms with van der Waals surface area (Å²) >= 11 is 0. The zero-order valence-electron chi connectivity index (χ0n) is 33.9. The molecule has 2 aromatic carbocycles. The SMILES string of the molecule is CC(=O)NC[C@H](NC(=O)/C=C/C(=O)NCC(=O)NCC(=O)N[C@@H](Cc1ccccc1)C(=O)O)C(=O)N[C@H](C(=O)N[C@H](C(=O)N[C@H](C(N)=O)C(C)C)C(C)C)c1ccccc1. The Labute approximate surface area is 346 Å². The van der Waals surface area contributed by atoms with Crippen LogP contribution >= 0.6 is 0 Å². The molecule has 5 atom stereocenters. The molecule has 20 nitrogen and oxygen atoms in total. The predicted molar refractivity (Wildman–Crippen MR) is 216 cm³/mol. The third kappa shape index (κ3) is 17.6. The van der Waals surface area contributed by atoms with Gasteiger partial charge in [0.2, 0.25) is 53.2 Å². The van der Waals surface area contributed by atoms with E-state index in [9.17, 15) is 53.1 Å². The molecule has 9 amide bonds. The van der Waals surface area contributed by atoms with Crippen LogP contribution in [0.15, 0.2) is 72.8 Å². The highest BCUT2D eigenvalue weighted by atomic mass is 16.4. The van der Waals surface area contributed by atoms with Crippen molar-refractivity contribution in [1.82, 2.24) is 42.5 Å². The zero-order chi connectivity index (χ0) is 44.9. The van der Waals surface area contributed by atoms with Crippen LogP contribution in [0.5, 0.6) is 0 Å². The van der Waals surface area contributed by atoms with E-state index in [2.05, 4.69) is 42.5 Å². The average Bonchev–Trinajstić information content (AvgIpc) is 3.19. The van der Waals surface area contributed by atoms with Crippen molar-refractivity contribution in [1.29, 1.82) is 0 Å². The van der Waals surface area contributed by atoms with Crippen LogP contribution in [-0.2, 0) is 54.4 Å². The van der Waals surface area contributed by atoms with Gasteiger partial charge < -0.3 is 53.4 Å². The maximum absolute atomic E-state index is 13.8. The van der Waals surface area contributed by atoms with Gasteiger partial charge in [-0.1, -0.05) is 88.4 Å². The Morgan fingerprint density at radius 2 is 1.15 bits per heavy atom. The first-order chi connectivity index (χ1) is 28.3. The van der Waals surface area contributed by atoms with Crippen molar-refractivity contribution < 1.29 is 53.1 Å². The second-order valence-corrected chi connectivity index (χ2v) is 14.2. The number of hydrogen-bond acceptors (Lipinski definition) is 10. The highest BCUT2D eigenvalue weighted by Gasteiger charge is 2.33. The Kier molecular flexibility index (Phi) is 20.1. The molecule has 2 aromatic rings. The van der Waals surface area contributed by atoms with Gasteiger partial charge in [0.15, 0.2) is 0 Å². The van der Waals surface area contributed by atoms with Crippen molar-refractivity contribution >= 4 is 59.1 Å². The molecule has 0 saturated heterocycles. The maximum Gasteiger partial charge on any atom is 0.326 e. The van der Waals surface area contributed by atoms with E-state index in [0.717, 1.165) is 12.2 Å². The van der Waals surface area contributed by atoms with E-state index in [1.807, 2.05) is 0 Å². The number of rotatable bonds is 23. The van der Waals surface area contributed by atoms with Crippen LogP contribution in [-0.4, -0.2) is 108 Å². The number of hydrogen-bond donors (Lipinski definition) is 10. The van der Waals surface area contributed by atoms with Gasteiger partial charge in [-0.05, 0) is 23.0 Å². The molecule has 0 aliphatic heterocycles. The second kappa shape index (κ2) is 24.6. The normalized spacial score (nSPS) is 13.4. The lowest BCUT2D eigenvalue weighted by molar-refractivity contribution is -0.141. The van der Waals surface area contributed by atoms with Gasteiger partial charge in [0.05, 0.1) is 13.1 Å². The molecular formula is C40H53N9O11. The van der Waals surface area contributed by atoms with E-state index in [0.29, 0.717) is 11.1 Å².